The zero-order valence-electron chi connectivity index (χ0n) is 16.7. The van der Waals surface area contributed by atoms with Gasteiger partial charge >= 0.3 is 0 Å². The van der Waals surface area contributed by atoms with Crippen LogP contribution in [0.4, 0.5) is 5.69 Å². The lowest BCUT2D eigenvalue weighted by atomic mass is 10.1. The molecule has 0 saturated carbocycles. The highest BCUT2D eigenvalue weighted by Gasteiger charge is 2.27. The average molecular weight is 492 g/mol. The highest BCUT2D eigenvalue weighted by Crippen LogP contribution is 2.43. The van der Waals surface area contributed by atoms with Crippen LogP contribution in [0.3, 0.4) is 0 Å². The maximum Gasteiger partial charge on any atom is 0.259 e. The standard InChI is InChI=1S/C24H18BrN3O2S/c1-2-13-28-19-12-11-15(14-21(19)31-20-10-6-4-8-17(20)24(28)29)22-26-23(30-27-22)16-7-3-5-9-18(16)25/h3-12,14H,2,13H2,1H3. The maximum atomic E-state index is 13.2. The number of fused-ring (bicyclic) bond motifs is 2. The van der Waals surface area contributed by atoms with Crippen LogP contribution in [0.1, 0.15) is 23.7 Å². The lowest BCUT2D eigenvalue weighted by molar-refractivity contribution is 0.0984. The predicted molar refractivity (Wildman–Crippen MR) is 125 cm³/mol. The SMILES string of the molecule is CCCN1C(=O)c2ccccc2Sc2cc(-c3noc(-c4ccccc4Br)n3)ccc21. The van der Waals surface area contributed by atoms with Crippen molar-refractivity contribution in [3.8, 4) is 22.8 Å². The van der Waals surface area contributed by atoms with Gasteiger partial charge in [-0.25, -0.2) is 0 Å². The fraction of sp³-hybridized carbons (Fsp3) is 0.125. The topological polar surface area (TPSA) is 59.2 Å². The Bertz CT molecular complexity index is 1290. The second-order valence-corrected chi connectivity index (χ2v) is 9.08. The van der Waals surface area contributed by atoms with Crippen LogP contribution in [0, 0.1) is 0 Å². The first-order chi connectivity index (χ1) is 15.2. The van der Waals surface area contributed by atoms with Gasteiger partial charge in [-0.2, -0.15) is 4.98 Å². The van der Waals surface area contributed by atoms with Gasteiger partial charge in [0, 0.05) is 26.4 Å². The summed E-state index contributed by atoms with van der Waals surface area (Å²) < 4.78 is 6.42. The van der Waals surface area contributed by atoms with Gasteiger partial charge in [0.2, 0.25) is 5.82 Å². The molecule has 1 amide bonds. The van der Waals surface area contributed by atoms with Gasteiger partial charge in [0.25, 0.3) is 11.8 Å². The number of benzene rings is 3. The third-order valence-corrected chi connectivity index (χ3v) is 6.88. The van der Waals surface area contributed by atoms with Crippen molar-refractivity contribution in [1.29, 1.82) is 0 Å². The Morgan fingerprint density at radius 2 is 1.77 bits per heavy atom. The normalized spacial score (nSPS) is 13.0. The molecule has 0 bridgehead atoms. The van der Waals surface area contributed by atoms with Gasteiger partial charge in [-0.15, -0.1) is 0 Å². The molecule has 1 aromatic heterocycles. The van der Waals surface area contributed by atoms with Crippen molar-refractivity contribution in [2.24, 2.45) is 0 Å². The van der Waals surface area contributed by atoms with Gasteiger partial charge < -0.3 is 9.42 Å². The van der Waals surface area contributed by atoms with Gasteiger partial charge in [0.15, 0.2) is 0 Å². The number of hydrogen-bond acceptors (Lipinski definition) is 5. The zero-order chi connectivity index (χ0) is 21.4. The van der Waals surface area contributed by atoms with E-state index in [0.29, 0.717) is 18.3 Å². The van der Waals surface area contributed by atoms with Crippen molar-refractivity contribution < 1.29 is 9.32 Å². The fourth-order valence-corrected chi connectivity index (χ4v) is 5.17. The van der Waals surface area contributed by atoms with Crippen LogP contribution in [-0.4, -0.2) is 22.6 Å². The Balaban J connectivity index is 1.58. The van der Waals surface area contributed by atoms with E-state index in [1.165, 1.54) is 0 Å². The fourth-order valence-electron chi connectivity index (χ4n) is 3.59. The second kappa shape index (κ2) is 8.32. The summed E-state index contributed by atoms with van der Waals surface area (Å²) in [6, 6.07) is 21.4. The maximum absolute atomic E-state index is 13.2. The Morgan fingerprint density at radius 3 is 2.58 bits per heavy atom. The van der Waals surface area contributed by atoms with Crippen molar-refractivity contribution in [2.45, 2.75) is 23.1 Å². The van der Waals surface area contributed by atoms with Crippen LogP contribution < -0.4 is 4.90 Å². The Kier molecular flexibility index (Phi) is 5.38. The average Bonchev–Trinajstić information content (AvgIpc) is 3.24. The number of anilines is 1. The molecule has 0 spiro atoms. The molecular formula is C24H18BrN3O2S. The molecule has 0 saturated heterocycles. The van der Waals surface area contributed by atoms with Crippen LogP contribution in [0.15, 0.2) is 85.5 Å². The van der Waals surface area contributed by atoms with Crippen molar-refractivity contribution >= 4 is 39.3 Å². The van der Waals surface area contributed by atoms with Crippen molar-refractivity contribution in [1.82, 2.24) is 10.1 Å². The van der Waals surface area contributed by atoms with Crippen LogP contribution in [0.25, 0.3) is 22.8 Å². The number of aromatic nitrogens is 2. The Labute approximate surface area is 192 Å². The third kappa shape index (κ3) is 3.68. The first-order valence-electron chi connectivity index (χ1n) is 9.97. The third-order valence-electron chi connectivity index (χ3n) is 5.07. The molecule has 1 aliphatic rings. The first kappa shape index (κ1) is 20.0. The summed E-state index contributed by atoms with van der Waals surface area (Å²) in [5.74, 6) is 1.01. The summed E-state index contributed by atoms with van der Waals surface area (Å²) in [6.07, 6.45) is 0.875. The summed E-state index contributed by atoms with van der Waals surface area (Å²) in [7, 11) is 0. The molecule has 7 heteroatoms. The van der Waals surface area contributed by atoms with E-state index in [-0.39, 0.29) is 5.91 Å². The van der Waals surface area contributed by atoms with Gasteiger partial charge in [-0.3, -0.25) is 4.79 Å². The van der Waals surface area contributed by atoms with E-state index in [1.54, 1.807) is 11.8 Å². The van der Waals surface area contributed by atoms with Gasteiger partial charge in [-0.05, 0) is 64.8 Å². The number of hydrogen-bond donors (Lipinski definition) is 0. The van der Waals surface area contributed by atoms with Crippen molar-refractivity contribution in [3.63, 3.8) is 0 Å². The summed E-state index contributed by atoms with van der Waals surface area (Å²) >= 11 is 5.13. The van der Waals surface area contributed by atoms with E-state index in [4.69, 9.17) is 4.52 Å². The van der Waals surface area contributed by atoms with E-state index in [1.807, 2.05) is 71.6 Å². The van der Waals surface area contributed by atoms with E-state index < -0.39 is 0 Å². The number of amides is 1. The molecule has 0 atom stereocenters. The van der Waals surface area contributed by atoms with Crippen LogP contribution >= 0.6 is 27.7 Å². The number of nitrogens with zero attached hydrogens (tertiary/aromatic N) is 3. The molecule has 0 fully saturated rings. The zero-order valence-corrected chi connectivity index (χ0v) is 19.1. The molecule has 1 aliphatic heterocycles. The lowest BCUT2D eigenvalue weighted by Crippen LogP contribution is -2.31. The minimum atomic E-state index is 0.0345. The predicted octanol–water partition coefficient (Wildman–Crippen LogP) is 6.69. The number of rotatable bonds is 4. The number of carbonyl (C=O) groups is 1. The van der Waals surface area contributed by atoms with Gasteiger partial charge in [-0.1, -0.05) is 48.1 Å². The van der Waals surface area contributed by atoms with E-state index in [2.05, 4.69) is 33.0 Å². The molecule has 154 valence electrons. The van der Waals surface area contributed by atoms with E-state index in [9.17, 15) is 4.79 Å². The van der Waals surface area contributed by atoms with Crippen LogP contribution in [0.5, 0.6) is 0 Å². The second-order valence-electron chi connectivity index (χ2n) is 7.14. The summed E-state index contributed by atoms with van der Waals surface area (Å²) in [5, 5.41) is 4.19. The molecule has 5 nitrogen and oxygen atoms in total. The van der Waals surface area contributed by atoms with E-state index >= 15 is 0 Å². The molecule has 0 unspecified atom stereocenters. The molecule has 5 rings (SSSR count). The Hall–Kier alpha value is -2.90. The number of halogens is 1. The minimum absolute atomic E-state index is 0.0345. The molecule has 2 heterocycles. The summed E-state index contributed by atoms with van der Waals surface area (Å²) in [6.45, 7) is 2.74. The van der Waals surface area contributed by atoms with E-state index in [0.717, 1.165) is 43.1 Å². The summed E-state index contributed by atoms with van der Waals surface area (Å²) in [4.78, 5) is 21.6. The lowest BCUT2D eigenvalue weighted by Gasteiger charge is -2.22. The smallest absolute Gasteiger partial charge is 0.259 e. The first-order valence-corrected chi connectivity index (χ1v) is 11.6. The molecular weight excluding hydrogens is 474 g/mol. The molecule has 0 aliphatic carbocycles. The largest absolute Gasteiger partial charge is 0.334 e. The molecule has 3 aromatic carbocycles. The van der Waals surface area contributed by atoms with Crippen molar-refractivity contribution in [3.05, 3.63) is 76.8 Å². The quantitative estimate of drug-likeness (QED) is 0.318. The molecule has 31 heavy (non-hydrogen) atoms. The van der Waals surface area contributed by atoms with Crippen molar-refractivity contribution in [2.75, 3.05) is 11.4 Å². The summed E-state index contributed by atoms with van der Waals surface area (Å²) in [5.41, 5.74) is 3.33. The van der Waals surface area contributed by atoms with Gasteiger partial charge in [0.1, 0.15) is 0 Å². The monoisotopic (exact) mass is 491 g/mol. The number of carbonyl (C=O) groups excluding carboxylic acids is 1. The van der Waals surface area contributed by atoms with Gasteiger partial charge in [0.05, 0.1) is 16.8 Å². The highest BCUT2D eigenvalue weighted by molar-refractivity contribution is 9.10. The highest BCUT2D eigenvalue weighted by atomic mass is 79.9. The van der Waals surface area contributed by atoms with Crippen LogP contribution in [-0.2, 0) is 0 Å². The van der Waals surface area contributed by atoms with Crippen LogP contribution in [0.2, 0.25) is 0 Å². The molecule has 0 radical (unpaired) electrons. The molecule has 0 N–H and O–H groups in total. The minimum Gasteiger partial charge on any atom is -0.334 e. The molecule has 4 aromatic rings. The Morgan fingerprint density at radius 1 is 1.00 bits per heavy atom.